The highest BCUT2D eigenvalue weighted by Crippen LogP contribution is 2.45. The molecule has 6 rings (SSSR count). The van der Waals surface area contributed by atoms with E-state index in [1.54, 1.807) is 16.4 Å². The number of carbonyl (C=O) groups excluding carboxylic acids is 1. The van der Waals surface area contributed by atoms with Crippen LogP contribution in [-0.4, -0.2) is 41.4 Å². The Hall–Kier alpha value is -3.95. The second-order valence-electron chi connectivity index (χ2n) is 9.56. The van der Waals surface area contributed by atoms with Crippen molar-refractivity contribution in [1.29, 1.82) is 0 Å². The summed E-state index contributed by atoms with van der Waals surface area (Å²) >= 11 is 0. The molecule has 0 unspecified atom stereocenters. The maximum atomic E-state index is 14.1. The number of nitrogens with zero attached hydrogens (tertiary/aromatic N) is 6. The number of hydrogen-bond donors (Lipinski definition) is 0. The number of carbonyl (C=O) groups is 1. The molecule has 0 aliphatic carbocycles. The molecular weight excluding hydrogens is 481 g/mol. The van der Waals surface area contributed by atoms with Crippen molar-refractivity contribution < 1.29 is 18.0 Å². The average Bonchev–Trinajstić information content (AvgIpc) is 3.48. The van der Waals surface area contributed by atoms with Crippen LogP contribution in [0.1, 0.15) is 59.9 Å². The minimum absolute atomic E-state index is 0.134. The first-order chi connectivity index (χ1) is 17.9. The van der Waals surface area contributed by atoms with E-state index in [1.165, 1.54) is 0 Å². The number of aromatic nitrogens is 5. The molecule has 4 aromatic rings. The zero-order valence-electron chi connectivity index (χ0n) is 20.5. The molecule has 1 fully saturated rings. The number of para-hydroxylation sites is 1. The van der Waals surface area contributed by atoms with Gasteiger partial charge in [-0.15, -0.1) is 5.10 Å². The molecule has 4 heterocycles. The first kappa shape index (κ1) is 23.4. The van der Waals surface area contributed by atoms with E-state index in [-0.39, 0.29) is 29.4 Å². The third-order valence-corrected chi connectivity index (χ3v) is 7.35. The number of amides is 1. The summed E-state index contributed by atoms with van der Waals surface area (Å²) in [6.07, 6.45) is 3.50. The van der Waals surface area contributed by atoms with Crippen LogP contribution in [0.3, 0.4) is 0 Å². The van der Waals surface area contributed by atoms with Gasteiger partial charge < -0.3 is 4.90 Å². The molecule has 0 N–H and O–H groups in total. The van der Waals surface area contributed by atoms with E-state index in [0.717, 1.165) is 36.2 Å². The van der Waals surface area contributed by atoms with Crippen LogP contribution >= 0.6 is 0 Å². The predicted octanol–water partition coefficient (Wildman–Crippen LogP) is 4.94. The minimum atomic E-state index is -1.50. The van der Waals surface area contributed by atoms with Crippen molar-refractivity contribution in [2.24, 2.45) is 7.05 Å². The summed E-state index contributed by atoms with van der Waals surface area (Å²) in [4.78, 5) is 20.2. The molecule has 1 saturated heterocycles. The van der Waals surface area contributed by atoms with Crippen LogP contribution in [-0.2, 0) is 19.9 Å². The lowest BCUT2D eigenvalue weighted by atomic mass is 9.81. The molecule has 37 heavy (non-hydrogen) atoms. The van der Waals surface area contributed by atoms with E-state index in [2.05, 4.69) is 15.2 Å². The second kappa shape index (κ2) is 8.86. The molecule has 10 heteroatoms. The molecule has 2 aliphatic heterocycles. The topological polar surface area (TPSA) is 68.8 Å². The van der Waals surface area contributed by atoms with Gasteiger partial charge in [-0.25, -0.2) is 22.8 Å². The van der Waals surface area contributed by atoms with Crippen LogP contribution in [0.15, 0.2) is 42.5 Å². The molecular formula is C27H25F3N6O. The van der Waals surface area contributed by atoms with Gasteiger partial charge in [-0.05, 0) is 49.9 Å². The third kappa shape index (κ3) is 3.73. The highest BCUT2D eigenvalue weighted by atomic mass is 19.2. The van der Waals surface area contributed by atoms with E-state index >= 15 is 0 Å². The third-order valence-electron chi connectivity index (χ3n) is 7.35. The lowest BCUT2D eigenvalue weighted by molar-refractivity contribution is 0.0379. The highest BCUT2D eigenvalue weighted by Gasteiger charge is 2.44. The molecule has 190 valence electrons. The molecule has 1 amide bonds. The molecule has 2 atom stereocenters. The summed E-state index contributed by atoms with van der Waals surface area (Å²) in [5, 5.41) is 9.26. The maximum Gasteiger partial charge on any atom is 0.294 e. The largest absolute Gasteiger partial charge is 0.324 e. The Bertz CT molecular complexity index is 1490. The first-order valence-electron chi connectivity index (χ1n) is 12.4. The fraction of sp³-hybridized carbons (Fsp3) is 0.333. The minimum Gasteiger partial charge on any atom is -0.324 e. The summed E-state index contributed by atoms with van der Waals surface area (Å²) in [6.45, 7) is 1.97. The van der Waals surface area contributed by atoms with Gasteiger partial charge in [0.05, 0.1) is 23.1 Å². The maximum absolute atomic E-state index is 14.1. The molecule has 2 aromatic heterocycles. The van der Waals surface area contributed by atoms with Gasteiger partial charge in [-0.1, -0.05) is 25.1 Å². The van der Waals surface area contributed by atoms with Crippen LogP contribution in [0.25, 0.3) is 16.9 Å². The fourth-order valence-corrected chi connectivity index (χ4v) is 5.76. The summed E-state index contributed by atoms with van der Waals surface area (Å²) in [5.74, 6) is -3.41. The summed E-state index contributed by atoms with van der Waals surface area (Å²) in [6, 6.07) is 11.1. The Morgan fingerprint density at radius 3 is 2.49 bits per heavy atom. The Labute approximate surface area is 211 Å². The van der Waals surface area contributed by atoms with Crippen molar-refractivity contribution in [3.63, 3.8) is 0 Å². The molecule has 0 saturated carbocycles. The number of hydrogen-bond acceptors (Lipinski definition) is 4. The summed E-state index contributed by atoms with van der Waals surface area (Å²) < 4.78 is 45.0. The van der Waals surface area contributed by atoms with Gasteiger partial charge in [-0.3, -0.25) is 9.48 Å². The number of halogens is 3. The standard InChI is InChI=1S/C27H25F3N6O/c1-3-22-31-26(33-36(22)16-8-5-4-6-9-16)27(37)35-17-10-7-11-21(35)24-18(14-17)25(34(2)32-24)15-12-19(28)23(30)20(29)13-15/h4-6,8-9,12-13,17,21H,3,7,10-11,14H2,1-2H3/t17-,21+/m0/s1. The van der Waals surface area contributed by atoms with Crippen LogP contribution in [0.2, 0.25) is 0 Å². The van der Waals surface area contributed by atoms with E-state index in [9.17, 15) is 18.0 Å². The van der Waals surface area contributed by atoms with Crippen molar-refractivity contribution in [2.75, 3.05) is 0 Å². The number of aryl methyl sites for hydroxylation is 2. The predicted molar refractivity (Wildman–Crippen MR) is 130 cm³/mol. The van der Waals surface area contributed by atoms with E-state index in [4.69, 9.17) is 0 Å². The van der Waals surface area contributed by atoms with Crippen molar-refractivity contribution in [3.05, 3.63) is 82.8 Å². The van der Waals surface area contributed by atoms with E-state index < -0.39 is 17.5 Å². The summed E-state index contributed by atoms with van der Waals surface area (Å²) in [5.41, 5.74) is 3.13. The summed E-state index contributed by atoms with van der Waals surface area (Å²) in [7, 11) is 1.69. The van der Waals surface area contributed by atoms with Crippen LogP contribution < -0.4 is 0 Å². The molecule has 7 nitrogen and oxygen atoms in total. The first-order valence-corrected chi connectivity index (χ1v) is 12.4. The molecule has 2 aromatic carbocycles. The molecule has 0 spiro atoms. The smallest absolute Gasteiger partial charge is 0.294 e. The fourth-order valence-electron chi connectivity index (χ4n) is 5.76. The van der Waals surface area contributed by atoms with Crippen molar-refractivity contribution >= 4 is 5.91 Å². The Morgan fingerprint density at radius 1 is 1.05 bits per heavy atom. The molecule has 2 aliphatic rings. The lowest BCUT2D eigenvalue weighted by Crippen LogP contribution is -2.50. The van der Waals surface area contributed by atoms with Gasteiger partial charge in [0.25, 0.3) is 5.91 Å². The molecule has 0 radical (unpaired) electrons. The van der Waals surface area contributed by atoms with Gasteiger partial charge in [0.1, 0.15) is 5.82 Å². The second-order valence-corrected chi connectivity index (χ2v) is 9.56. The van der Waals surface area contributed by atoms with Gasteiger partial charge in [0, 0.05) is 30.6 Å². The Morgan fingerprint density at radius 2 is 1.78 bits per heavy atom. The van der Waals surface area contributed by atoms with Crippen LogP contribution in [0.4, 0.5) is 13.2 Å². The highest BCUT2D eigenvalue weighted by molar-refractivity contribution is 5.91. The average molecular weight is 507 g/mol. The van der Waals surface area contributed by atoms with Crippen molar-refractivity contribution in [2.45, 2.75) is 51.1 Å². The van der Waals surface area contributed by atoms with E-state index in [0.29, 0.717) is 36.5 Å². The quantitative estimate of drug-likeness (QED) is 0.368. The normalized spacial score (nSPS) is 18.7. The van der Waals surface area contributed by atoms with Gasteiger partial charge in [0.15, 0.2) is 17.5 Å². The SMILES string of the molecule is CCc1nc(C(=O)N2[C@H]3CCC[C@@H]2c2nn(C)c(-c4cc(F)c(F)c(F)c4)c2C3)nn1-c1ccccc1. The van der Waals surface area contributed by atoms with Gasteiger partial charge in [-0.2, -0.15) is 5.10 Å². The van der Waals surface area contributed by atoms with Crippen LogP contribution in [0, 0.1) is 17.5 Å². The zero-order chi connectivity index (χ0) is 25.8. The van der Waals surface area contributed by atoms with Crippen molar-refractivity contribution in [3.8, 4) is 16.9 Å². The van der Waals surface area contributed by atoms with Crippen molar-refractivity contribution in [1.82, 2.24) is 29.4 Å². The number of piperidine rings is 1. The number of fused-ring (bicyclic) bond motifs is 4. The van der Waals surface area contributed by atoms with Gasteiger partial charge >= 0.3 is 0 Å². The zero-order valence-corrected chi connectivity index (χ0v) is 20.5. The molecule has 2 bridgehead atoms. The Balaban J connectivity index is 1.40. The lowest BCUT2D eigenvalue weighted by Gasteiger charge is -2.44. The Kier molecular flexibility index (Phi) is 5.62. The monoisotopic (exact) mass is 506 g/mol. The van der Waals surface area contributed by atoms with E-state index in [1.807, 2.05) is 42.2 Å². The van der Waals surface area contributed by atoms with Crippen LogP contribution in [0.5, 0.6) is 0 Å². The van der Waals surface area contributed by atoms with Gasteiger partial charge in [0.2, 0.25) is 5.82 Å². The number of rotatable bonds is 4. The number of benzene rings is 2.